The van der Waals surface area contributed by atoms with Crippen molar-refractivity contribution in [1.29, 1.82) is 0 Å². The average Bonchev–Trinajstić information content (AvgIpc) is 2.42. The van der Waals surface area contributed by atoms with E-state index in [1.807, 2.05) is 0 Å². The number of benzene rings is 1. The zero-order valence-corrected chi connectivity index (χ0v) is 12.0. The van der Waals surface area contributed by atoms with E-state index in [1.165, 1.54) is 12.1 Å². The molecule has 1 aliphatic rings. The van der Waals surface area contributed by atoms with Crippen molar-refractivity contribution in [1.82, 2.24) is 5.32 Å². The second-order valence-corrected chi connectivity index (χ2v) is 5.83. The molecule has 1 aliphatic carbocycles. The molecule has 2 N–H and O–H groups in total. The lowest BCUT2D eigenvalue weighted by Crippen LogP contribution is -2.28. The number of aliphatic carboxylic acids is 1. The molecule has 1 aromatic rings. The molecule has 0 atom stereocenters. The smallest absolute Gasteiger partial charge is 0.306 e. The highest BCUT2D eigenvalue weighted by Crippen LogP contribution is 2.28. The number of nitrogens with one attached hydrogen (secondary N) is 1. The van der Waals surface area contributed by atoms with Crippen LogP contribution in [0.5, 0.6) is 0 Å². The molecule has 0 spiro atoms. The second kappa shape index (κ2) is 7.04. The van der Waals surface area contributed by atoms with Gasteiger partial charge >= 0.3 is 5.97 Å². The van der Waals surface area contributed by atoms with Crippen LogP contribution in [-0.4, -0.2) is 17.6 Å². The molecule has 2 rings (SSSR count). The van der Waals surface area contributed by atoms with Crippen LogP contribution in [0.2, 0.25) is 5.02 Å². The summed E-state index contributed by atoms with van der Waals surface area (Å²) in [6.45, 7) is 1.46. The van der Waals surface area contributed by atoms with E-state index in [-0.39, 0.29) is 11.7 Å². The third-order valence-electron chi connectivity index (χ3n) is 3.96. The molecule has 0 heterocycles. The van der Waals surface area contributed by atoms with Crippen molar-refractivity contribution < 1.29 is 14.3 Å². The highest BCUT2D eigenvalue weighted by atomic mass is 35.5. The molecular weight excluding hydrogens is 281 g/mol. The first-order valence-electron chi connectivity index (χ1n) is 6.93. The van der Waals surface area contributed by atoms with Gasteiger partial charge < -0.3 is 10.4 Å². The van der Waals surface area contributed by atoms with Gasteiger partial charge in [-0.15, -0.1) is 0 Å². The van der Waals surface area contributed by atoms with Crippen molar-refractivity contribution in [2.24, 2.45) is 11.8 Å². The molecule has 0 unspecified atom stereocenters. The number of hydrogen-bond donors (Lipinski definition) is 2. The standard InChI is InChI=1S/C15H19ClFNO2/c16-14-7-13(17)6-5-12(14)9-18-8-10-1-3-11(4-2-10)15(19)20/h5-7,10-11,18H,1-4,8-9H2,(H,19,20). The number of rotatable bonds is 5. The van der Waals surface area contributed by atoms with E-state index in [4.69, 9.17) is 16.7 Å². The summed E-state index contributed by atoms with van der Waals surface area (Å²) in [4.78, 5) is 10.9. The summed E-state index contributed by atoms with van der Waals surface area (Å²) < 4.78 is 12.9. The molecule has 0 aliphatic heterocycles. The Hall–Kier alpha value is -1.13. The number of halogens is 2. The Bertz CT molecular complexity index is 473. The Morgan fingerprint density at radius 3 is 2.65 bits per heavy atom. The predicted octanol–water partition coefficient (Wildman–Crippen LogP) is 3.46. The summed E-state index contributed by atoms with van der Waals surface area (Å²) in [5, 5.41) is 12.7. The van der Waals surface area contributed by atoms with Gasteiger partial charge in [-0.3, -0.25) is 4.79 Å². The lowest BCUT2D eigenvalue weighted by atomic mass is 9.82. The molecule has 0 amide bonds. The number of hydrogen-bond acceptors (Lipinski definition) is 2. The predicted molar refractivity (Wildman–Crippen MR) is 76.2 cm³/mol. The van der Waals surface area contributed by atoms with E-state index in [9.17, 15) is 9.18 Å². The lowest BCUT2D eigenvalue weighted by molar-refractivity contribution is -0.143. The Labute approximate surface area is 123 Å². The third kappa shape index (κ3) is 4.18. The summed E-state index contributed by atoms with van der Waals surface area (Å²) >= 11 is 5.96. The van der Waals surface area contributed by atoms with Gasteiger partial charge in [-0.05, 0) is 55.8 Å². The van der Waals surface area contributed by atoms with E-state index in [0.29, 0.717) is 17.5 Å². The van der Waals surface area contributed by atoms with Crippen LogP contribution in [-0.2, 0) is 11.3 Å². The van der Waals surface area contributed by atoms with Gasteiger partial charge in [0, 0.05) is 11.6 Å². The SMILES string of the molecule is O=C(O)C1CCC(CNCc2ccc(F)cc2Cl)CC1. The van der Waals surface area contributed by atoms with Gasteiger partial charge in [0.05, 0.1) is 5.92 Å². The van der Waals surface area contributed by atoms with Gasteiger partial charge in [-0.2, -0.15) is 0 Å². The summed E-state index contributed by atoms with van der Waals surface area (Å²) in [5.41, 5.74) is 0.882. The molecule has 5 heteroatoms. The van der Waals surface area contributed by atoms with Crippen molar-refractivity contribution in [3.8, 4) is 0 Å². The van der Waals surface area contributed by atoms with E-state index >= 15 is 0 Å². The Morgan fingerprint density at radius 1 is 1.35 bits per heavy atom. The maximum atomic E-state index is 12.9. The van der Waals surface area contributed by atoms with Crippen LogP contribution >= 0.6 is 11.6 Å². The molecular formula is C15H19ClFNO2. The fourth-order valence-electron chi connectivity index (χ4n) is 2.69. The summed E-state index contributed by atoms with van der Waals surface area (Å²) in [6.07, 6.45) is 3.42. The first-order chi connectivity index (χ1) is 9.56. The maximum Gasteiger partial charge on any atom is 0.306 e. The zero-order chi connectivity index (χ0) is 14.5. The summed E-state index contributed by atoms with van der Waals surface area (Å²) in [6, 6.07) is 4.41. The third-order valence-corrected chi connectivity index (χ3v) is 4.31. The van der Waals surface area contributed by atoms with Gasteiger partial charge in [0.2, 0.25) is 0 Å². The monoisotopic (exact) mass is 299 g/mol. The van der Waals surface area contributed by atoms with E-state index in [1.54, 1.807) is 6.07 Å². The zero-order valence-electron chi connectivity index (χ0n) is 11.2. The van der Waals surface area contributed by atoms with Crippen LogP contribution in [0, 0.1) is 17.7 Å². The minimum atomic E-state index is -0.672. The Balaban J connectivity index is 1.73. The molecule has 0 aromatic heterocycles. The largest absolute Gasteiger partial charge is 0.481 e. The van der Waals surface area contributed by atoms with Gasteiger partial charge in [0.15, 0.2) is 0 Å². The van der Waals surface area contributed by atoms with Gasteiger partial charge in [0.1, 0.15) is 5.82 Å². The molecule has 0 saturated heterocycles. The van der Waals surface area contributed by atoms with Crippen LogP contribution in [0.1, 0.15) is 31.2 Å². The van der Waals surface area contributed by atoms with Crippen molar-refractivity contribution in [3.63, 3.8) is 0 Å². The first kappa shape index (κ1) is 15.3. The van der Waals surface area contributed by atoms with Crippen molar-refractivity contribution in [2.45, 2.75) is 32.2 Å². The van der Waals surface area contributed by atoms with Crippen molar-refractivity contribution in [3.05, 3.63) is 34.6 Å². The molecule has 1 saturated carbocycles. The van der Waals surface area contributed by atoms with Gasteiger partial charge in [-0.1, -0.05) is 17.7 Å². The van der Waals surface area contributed by atoms with E-state index in [2.05, 4.69) is 5.32 Å². The van der Waals surface area contributed by atoms with Crippen molar-refractivity contribution >= 4 is 17.6 Å². The Morgan fingerprint density at radius 2 is 2.05 bits per heavy atom. The molecule has 1 fully saturated rings. The molecule has 0 bridgehead atoms. The van der Waals surface area contributed by atoms with Crippen LogP contribution in [0.25, 0.3) is 0 Å². The van der Waals surface area contributed by atoms with Crippen LogP contribution in [0.3, 0.4) is 0 Å². The molecule has 110 valence electrons. The summed E-state index contributed by atoms with van der Waals surface area (Å²) in [5.74, 6) is -0.650. The molecule has 0 radical (unpaired) electrons. The highest BCUT2D eigenvalue weighted by Gasteiger charge is 2.25. The highest BCUT2D eigenvalue weighted by molar-refractivity contribution is 6.31. The molecule has 3 nitrogen and oxygen atoms in total. The molecule has 20 heavy (non-hydrogen) atoms. The topological polar surface area (TPSA) is 49.3 Å². The fourth-order valence-corrected chi connectivity index (χ4v) is 2.92. The van der Waals surface area contributed by atoms with Crippen LogP contribution in [0.4, 0.5) is 4.39 Å². The fraction of sp³-hybridized carbons (Fsp3) is 0.533. The van der Waals surface area contributed by atoms with E-state index in [0.717, 1.165) is 37.8 Å². The van der Waals surface area contributed by atoms with Crippen molar-refractivity contribution in [2.75, 3.05) is 6.54 Å². The summed E-state index contributed by atoms with van der Waals surface area (Å²) in [7, 11) is 0. The number of carboxylic acid groups (broad SMARTS) is 1. The minimum absolute atomic E-state index is 0.169. The maximum absolute atomic E-state index is 12.9. The van der Waals surface area contributed by atoms with Gasteiger partial charge in [0.25, 0.3) is 0 Å². The molecule has 1 aromatic carbocycles. The number of carboxylic acids is 1. The van der Waals surface area contributed by atoms with Gasteiger partial charge in [-0.25, -0.2) is 4.39 Å². The lowest BCUT2D eigenvalue weighted by Gasteiger charge is -2.26. The Kier molecular flexibility index (Phi) is 5.38. The van der Waals surface area contributed by atoms with Crippen LogP contribution < -0.4 is 5.32 Å². The number of carbonyl (C=O) groups is 1. The minimum Gasteiger partial charge on any atom is -0.481 e. The first-order valence-corrected chi connectivity index (χ1v) is 7.31. The normalized spacial score (nSPS) is 22.7. The average molecular weight is 300 g/mol. The van der Waals surface area contributed by atoms with Crippen LogP contribution in [0.15, 0.2) is 18.2 Å². The van der Waals surface area contributed by atoms with E-state index < -0.39 is 5.97 Å². The quantitative estimate of drug-likeness (QED) is 0.875. The second-order valence-electron chi connectivity index (χ2n) is 5.42.